The van der Waals surface area contributed by atoms with Crippen molar-refractivity contribution < 1.29 is 23.8 Å². The van der Waals surface area contributed by atoms with Crippen molar-refractivity contribution in [1.82, 2.24) is 4.90 Å². The first kappa shape index (κ1) is 20.4. The van der Waals surface area contributed by atoms with E-state index in [1.165, 1.54) is 12.0 Å². The van der Waals surface area contributed by atoms with Crippen LogP contribution in [-0.4, -0.2) is 42.8 Å². The van der Waals surface area contributed by atoms with Crippen molar-refractivity contribution in [3.63, 3.8) is 0 Å². The molecule has 1 unspecified atom stereocenters. The lowest BCUT2D eigenvalue weighted by molar-refractivity contribution is 0.0691. The molecule has 0 saturated carbocycles. The van der Waals surface area contributed by atoms with E-state index in [4.69, 9.17) is 13.9 Å². The standard InChI is InChI=1S/C22H20BrNO6/c1-3-29-16-6-4-12(10-17(16)28-2)19-18-20(26)14-11-13(23)5-7-15(14)30-21(18)22(27)24(19)8-9-25/h4-7,10-11,19,25H,3,8-9H2,1-2H3. The minimum atomic E-state index is -0.705. The maximum Gasteiger partial charge on any atom is 0.290 e. The summed E-state index contributed by atoms with van der Waals surface area (Å²) in [6, 6.07) is 9.65. The molecule has 0 bridgehead atoms. The van der Waals surface area contributed by atoms with Crippen LogP contribution in [0.3, 0.4) is 0 Å². The number of nitrogens with zero attached hydrogens (tertiary/aromatic N) is 1. The first-order valence-corrected chi connectivity index (χ1v) is 10.3. The van der Waals surface area contributed by atoms with Gasteiger partial charge in [0.15, 0.2) is 16.9 Å². The summed E-state index contributed by atoms with van der Waals surface area (Å²) in [5.74, 6) is 0.628. The van der Waals surface area contributed by atoms with Gasteiger partial charge in [-0.05, 0) is 42.8 Å². The Hall–Kier alpha value is -2.84. The minimum absolute atomic E-state index is 0.00104. The molecule has 0 radical (unpaired) electrons. The van der Waals surface area contributed by atoms with Crippen molar-refractivity contribution in [2.45, 2.75) is 13.0 Å². The number of aliphatic hydroxyl groups excluding tert-OH is 1. The number of halogens is 1. The highest BCUT2D eigenvalue weighted by Gasteiger charge is 2.42. The van der Waals surface area contributed by atoms with Gasteiger partial charge in [-0.15, -0.1) is 0 Å². The molecule has 30 heavy (non-hydrogen) atoms. The van der Waals surface area contributed by atoms with Crippen LogP contribution < -0.4 is 14.9 Å². The number of hydrogen-bond acceptors (Lipinski definition) is 6. The number of benzene rings is 2. The van der Waals surface area contributed by atoms with Crippen molar-refractivity contribution in [2.24, 2.45) is 0 Å². The SMILES string of the molecule is CCOc1ccc(C2c3c(oc4ccc(Br)cc4c3=O)C(=O)N2CCO)cc1OC. The van der Waals surface area contributed by atoms with Crippen molar-refractivity contribution >= 4 is 32.8 Å². The average Bonchev–Trinajstić information content (AvgIpc) is 3.02. The maximum absolute atomic E-state index is 13.4. The molecular weight excluding hydrogens is 454 g/mol. The zero-order chi connectivity index (χ0) is 21.4. The van der Waals surface area contributed by atoms with E-state index in [1.807, 2.05) is 6.92 Å². The normalized spacial score (nSPS) is 15.5. The van der Waals surface area contributed by atoms with Crippen LogP contribution in [0.1, 0.15) is 34.6 Å². The van der Waals surface area contributed by atoms with Gasteiger partial charge in [-0.2, -0.15) is 0 Å². The van der Waals surface area contributed by atoms with Crippen LogP contribution in [0.2, 0.25) is 0 Å². The highest BCUT2D eigenvalue weighted by molar-refractivity contribution is 9.10. The molecule has 3 aromatic rings. The number of β-amino-alcohol motifs (C(OH)–C–C–N with tert-alkyl or cyclic N) is 1. The Kier molecular flexibility index (Phi) is 5.53. The van der Waals surface area contributed by atoms with Gasteiger partial charge in [-0.1, -0.05) is 22.0 Å². The minimum Gasteiger partial charge on any atom is -0.493 e. The zero-order valence-electron chi connectivity index (χ0n) is 16.5. The monoisotopic (exact) mass is 473 g/mol. The molecule has 4 rings (SSSR count). The van der Waals surface area contributed by atoms with Crippen LogP contribution in [0.25, 0.3) is 11.0 Å². The fourth-order valence-corrected chi connectivity index (χ4v) is 4.17. The van der Waals surface area contributed by atoms with Gasteiger partial charge in [0.05, 0.1) is 37.3 Å². The molecule has 7 nitrogen and oxygen atoms in total. The van der Waals surface area contributed by atoms with Crippen LogP contribution in [-0.2, 0) is 0 Å². The van der Waals surface area contributed by atoms with E-state index in [2.05, 4.69) is 15.9 Å². The van der Waals surface area contributed by atoms with Crippen molar-refractivity contribution in [3.8, 4) is 11.5 Å². The van der Waals surface area contributed by atoms with Gasteiger partial charge in [-0.3, -0.25) is 9.59 Å². The number of amides is 1. The summed E-state index contributed by atoms with van der Waals surface area (Å²) in [5.41, 5.74) is 0.978. The first-order valence-electron chi connectivity index (χ1n) is 9.49. The zero-order valence-corrected chi connectivity index (χ0v) is 18.1. The molecule has 1 aromatic heterocycles. The van der Waals surface area contributed by atoms with Gasteiger partial charge in [0.25, 0.3) is 5.91 Å². The number of ether oxygens (including phenoxy) is 2. The Morgan fingerprint density at radius 2 is 1.97 bits per heavy atom. The highest BCUT2D eigenvalue weighted by Crippen LogP contribution is 2.40. The molecule has 1 amide bonds. The lowest BCUT2D eigenvalue weighted by Gasteiger charge is -2.25. The van der Waals surface area contributed by atoms with Gasteiger partial charge < -0.3 is 23.9 Å². The van der Waals surface area contributed by atoms with E-state index in [0.29, 0.717) is 34.6 Å². The lowest BCUT2D eigenvalue weighted by Crippen LogP contribution is -2.32. The number of rotatable bonds is 6. The first-order chi connectivity index (χ1) is 14.5. The molecule has 0 spiro atoms. The van der Waals surface area contributed by atoms with Gasteiger partial charge in [0, 0.05) is 11.0 Å². The fourth-order valence-electron chi connectivity index (χ4n) is 3.81. The maximum atomic E-state index is 13.4. The molecule has 1 aliphatic rings. The largest absolute Gasteiger partial charge is 0.493 e. The highest BCUT2D eigenvalue weighted by atomic mass is 79.9. The number of fused-ring (bicyclic) bond motifs is 2. The van der Waals surface area contributed by atoms with E-state index in [1.54, 1.807) is 36.4 Å². The van der Waals surface area contributed by atoms with E-state index in [-0.39, 0.29) is 29.9 Å². The molecule has 2 aromatic carbocycles. The second-order valence-electron chi connectivity index (χ2n) is 6.78. The summed E-state index contributed by atoms with van der Waals surface area (Å²) >= 11 is 3.38. The van der Waals surface area contributed by atoms with Crippen LogP contribution in [0.4, 0.5) is 0 Å². The topological polar surface area (TPSA) is 89.2 Å². The van der Waals surface area contributed by atoms with Crippen LogP contribution in [0, 0.1) is 0 Å². The number of methoxy groups -OCH3 is 1. The number of carbonyl (C=O) groups is 1. The molecule has 2 heterocycles. The quantitative estimate of drug-likeness (QED) is 0.589. The molecular formula is C22H20BrNO6. The Balaban J connectivity index is 1.95. The Morgan fingerprint density at radius 3 is 2.67 bits per heavy atom. The lowest BCUT2D eigenvalue weighted by atomic mass is 9.98. The third-order valence-electron chi connectivity index (χ3n) is 5.07. The molecule has 8 heteroatoms. The summed E-state index contributed by atoms with van der Waals surface area (Å²) in [5, 5.41) is 9.92. The van der Waals surface area contributed by atoms with E-state index in [0.717, 1.165) is 4.47 Å². The number of hydrogen-bond donors (Lipinski definition) is 1. The van der Waals surface area contributed by atoms with E-state index < -0.39 is 11.9 Å². The van der Waals surface area contributed by atoms with E-state index >= 15 is 0 Å². The fraction of sp³-hybridized carbons (Fsp3) is 0.273. The summed E-state index contributed by atoms with van der Waals surface area (Å²) in [6.45, 7) is 2.16. The van der Waals surface area contributed by atoms with Crippen LogP contribution in [0.5, 0.6) is 11.5 Å². The number of carbonyl (C=O) groups excluding carboxylic acids is 1. The van der Waals surface area contributed by atoms with Crippen molar-refractivity contribution in [1.29, 1.82) is 0 Å². The molecule has 1 N–H and O–H groups in total. The predicted molar refractivity (Wildman–Crippen MR) is 114 cm³/mol. The van der Waals surface area contributed by atoms with Gasteiger partial charge in [-0.25, -0.2) is 0 Å². The average molecular weight is 474 g/mol. The van der Waals surface area contributed by atoms with Gasteiger partial charge >= 0.3 is 0 Å². The molecule has 0 aliphatic carbocycles. The smallest absolute Gasteiger partial charge is 0.290 e. The summed E-state index contributed by atoms with van der Waals surface area (Å²) < 4.78 is 17.6. The van der Waals surface area contributed by atoms with Gasteiger partial charge in [0.2, 0.25) is 5.76 Å². The third kappa shape index (κ3) is 3.26. The Labute approximate surface area is 180 Å². The van der Waals surface area contributed by atoms with Crippen molar-refractivity contribution in [2.75, 3.05) is 26.9 Å². The molecule has 156 valence electrons. The van der Waals surface area contributed by atoms with Gasteiger partial charge in [0.1, 0.15) is 5.58 Å². The summed E-state index contributed by atoms with van der Waals surface area (Å²) in [4.78, 5) is 27.9. The van der Waals surface area contributed by atoms with Crippen molar-refractivity contribution in [3.05, 3.63) is 68.0 Å². The second kappa shape index (κ2) is 8.12. The Morgan fingerprint density at radius 1 is 1.17 bits per heavy atom. The third-order valence-corrected chi connectivity index (χ3v) is 5.57. The van der Waals surface area contributed by atoms with Crippen LogP contribution in [0.15, 0.2) is 50.1 Å². The van der Waals surface area contributed by atoms with Crippen LogP contribution >= 0.6 is 15.9 Å². The Bertz CT molecular complexity index is 1190. The molecule has 1 atom stereocenters. The number of aliphatic hydroxyl groups is 1. The second-order valence-corrected chi connectivity index (χ2v) is 7.70. The molecule has 0 saturated heterocycles. The molecule has 0 fully saturated rings. The summed E-state index contributed by atoms with van der Waals surface area (Å²) in [6.07, 6.45) is 0. The summed E-state index contributed by atoms with van der Waals surface area (Å²) in [7, 11) is 1.53. The predicted octanol–water partition coefficient (Wildman–Crippen LogP) is 3.50. The van der Waals surface area contributed by atoms with E-state index in [9.17, 15) is 14.7 Å². The molecule has 1 aliphatic heterocycles.